The van der Waals surface area contributed by atoms with Gasteiger partial charge in [-0.1, -0.05) is 6.92 Å². The molecule has 6 heteroatoms. The van der Waals surface area contributed by atoms with Crippen LogP contribution in [0.2, 0.25) is 0 Å². The summed E-state index contributed by atoms with van der Waals surface area (Å²) in [5, 5.41) is 15.3. The van der Waals surface area contributed by atoms with E-state index in [0.717, 1.165) is 12.4 Å². The normalized spacial score (nSPS) is 15.4. The molecule has 80 valence electrons. The second-order valence-corrected chi connectivity index (χ2v) is 4.55. The number of nitrogens with zero attached hydrogens (tertiary/aromatic N) is 4. The molecule has 0 saturated heterocycles. The minimum Gasteiger partial charge on any atom is -0.311 e. The predicted octanol–water partition coefficient (Wildman–Crippen LogP) is 0.705. The SMILES string of the molecule is CNC(C)c1nnnn1CC(C)SC. The molecule has 14 heavy (non-hydrogen) atoms. The number of hydrogen-bond donors (Lipinski definition) is 1. The van der Waals surface area contributed by atoms with E-state index in [4.69, 9.17) is 0 Å². The van der Waals surface area contributed by atoms with Crippen LogP contribution in [0.5, 0.6) is 0 Å². The molecule has 2 unspecified atom stereocenters. The summed E-state index contributed by atoms with van der Waals surface area (Å²) in [6.45, 7) is 5.07. The van der Waals surface area contributed by atoms with Crippen LogP contribution in [0, 0.1) is 0 Å². The molecule has 0 fully saturated rings. The lowest BCUT2D eigenvalue weighted by Gasteiger charge is -2.12. The molecule has 1 aromatic heterocycles. The first kappa shape index (κ1) is 11.5. The Morgan fingerprint density at radius 1 is 1.50 bits per heavy atom. The fourth-order valence-corrected chi connectivity index (χ4v) is 1.39. The zero-order valence-corrected chi connectivity index (χ0v) is 9.88. The first-order valence-electron chi connectivity index (χ1n) is 4.65. The van der Waals surface area contributed by atoms with Crippen molar-refractivity contribution >= 4 is 11.8 Å². The van der Waals surface area contributed by atoms with E-state index in [0.29, 0.717) is 5.25 Å². The standard InChI is InChI=1S/C8H17N5S/c1-6(14-4)5-13-8(7(2)9-3)10-11-12-13/h6-7,9H,5H2,1-4H3. The lowest BCUT2D eigenvalue weighted by atomic mass is 10.3. The van der Waals surface area contributed by atoms with E-state index in [9.17, 15) is 0 Å². The van der Waals surface area contributed by atoms with Crippen LogP contribution >= 0.6 is 11.8 Å². The van der Waals surface area contributed by atoms with Gasteiger partial charge in [0.05, 0.1) is 12.6 Å². The second kappa shape index (κ2) is 5.31. The van der Waals surface area contributed by atoms with Crippen molar-refractivity contribution in [3.8, 4) is 0 Å². The highest BCUT2D eigenvalue weighted by Gasteiger charge is 2.13. The van der Waals surface area contributed by atoms with Crippen molar-refractivity contribution in [2.45, 2.75) is 31.7 Å². The molecular weight excluding hydrogens is 198 g/mol. The zero-order valence-electron chi connectivity index (χ0n) is 9.06. The topological polar surface area (TPSA) is 55.6 Å². The van der Waals surface area contributed by atoms with Crippen LogP contribution in [-0.4, -0.2) is 38.8 Å². The first-order chi connectivity index (χ1) is 6.69. The molecule has 2 atom stereocenters. The second-order valence-electron chi connectivity index (χ2n) is 3.28. The van der Waals surface area contributed by atoms with Crippen LogP contribution < -0.4 is 5.32 Å². The van der Waals surface area contributed by atoms with E-state index in [1.807, 2.05) is 30.4 Å². The highest BCUT2D eigenvalue weighted by molar-refractivity contribution is 7.99. The molecule has 0 spiro atoms. The summed E-state index contributed by atoms with van der Waals surface area (Å²) in [6.07, 6.45) is 2.09. The Hall–Kier alpha value is -0.620. The van der Waals surface area contributed by atoms with Crippen LogP contribution in [-0.2, 0) is 6.54 Å². The van der Waals surface area contributed by atoms with Gasteiger partial charge in [-0.3, -0.25) is 0 Å². The molecule has 1 rings (SSSR count). The van der Waals surface area contributed by atoms with E-state index in [-0.39, 0.29) is 6.04 Å². The number of aromatic nitrogens is 4. The Balaban J connectivity index is 2.72. The Morgan fingerprint density at radius 3 is 2.79 bits per heavy atom. The quantitative estimate of drug-likeness (QED) is 0.784. The number of tetrazole rings is 1. The van der Waals surface area contributed by atoms with Crippen LogP contribution in [0.25, 0.3) is 0 Å². The van der Waals surface area contributed by atoms with Gasteiger partial charge in [0, 0.05) is 5.25 Å². The van der Waals surface area contributed by atoms with Crippen LogP contribution in [0.1, 0.15) is 25.7 Å². The Morgan fingerprint density at radius 2 is 2.21 bits per heavy atom. The Bertz CT molecular complexity index is 274. The maximum atomic E-state index is 4.00. The number of hydrogen-bond acceptors (Lipinski definition) is 5. The molecule has 5 nitrogen and oxygen atoms in total. The first-order valence-corrected chi connectivity index (χ1v) is 5.94. The van der Waals surface area contributed by atoms with E-state index in [1.165, 1.54) is 0 Å². The molecule has 1 N–H and O–H groups in total. The Labute approximate surface area is 88.6 Å². The molecular formula is C8H17N5S. The summed E-state index contributed by atoms with van der Waals surface area (Å²) in [6, 6.07) is 0.194. The molecule has 0 aromatic carbocycles. The van der Waals surface area contributed by atoms with Crippen molar-refractivity contribution in [1.29, 1.82) is 0 Å². The predicted molar refractivity (Wildman–Crippen MR) is 58.3 cm³/mol. The average molecular weight is 215 g/mol. The molecule has 0 radical (unpaired) electrons. The van der Waals surface area contributed by atoms with Gasteiger partial charge < -0.3 is 5.32 Å². The minimum atomic E-state index is 0.194. The highest BCUT2D eigenvalue weighted by atomic mass is 32.2. The maximum Gasteiger partial charge on any atom is 0.167 e. The fourth-order valence-electron chi connectivity index (χ4n) is 1.10. The summed E-state index contributed by atoms with van der Waals surface area (Å²) in [4.78, 5) is 0. The number of thioether (sulfide) groups is 1. The summed E-state index contributed by atoms with van der Waals surface area (Å²) in [5.74, 6) is 0.897. The highest BCUT2D eigenvalue weighted by Crippen LogP contribution is 2.11. The molecule has 0 aliphatic rings. The maximum absolute atomic E-state index is 4.00. The van der Waals surface area contributed by atoms with Gasteiger partial charge in [0.25, 0.3) is 0 Å². The van der Waals surface area contributed by atoms with Crippen molar-refractivity contribution in [1.82, 2.24) is 25.5 Å². The lowest BCUT2D eigenvalue weighted by molar-refractivity contribution is 0.512. The molecule has 0 aliphatic carbocycles. The Kier molecular flexibility index (Phi) is 4.34. The van der Waals surface area contributed by atoms with Gasteiger partial charge in [-0.2, -0.15) is 11.8 Å². The molecule has 0 amide bonds. The number of nitrogens with one attached hydrogen (secondary N) is 1. The van der Waals surface area contributed by atoms with Crippen LogP contribution in [0.15, 0.2) is 0 Å². The molecule has 1 aromatic rings. The van der Waals surface area contributed by atoms with Gasteiger partial charge in [-0.15, -0.1) is 5.10 Å². The third-order valence-electron chi connectivity index (χ3n) is 2.21. The van der Waals surface area contributed by atoms with Crippen molar-refractivity contribution in [2.24, 2.45) is 0 Å². The van der Waals surface area contributed by atoms with Gasteiger partial charge in [0.15, 0.2) is 5.82 Å². The van der Waals surface area contributed by atoms with Crippen molar-refractivity contribution in [3.05, 3.63) is 5.82 Å². The largest absolute Gasteiger partial charge is 0.311 e. The van der Waals surface area contributed by atoms with Gasteiger partial charge in [-0.25, -0.2) is 4.68 Å². The lowest BCUT2D eigenvalue weighted by Crippen LogP contribution is -2.21. The van der Waals surface area contributed by atoms with E-state index in [1.54, 1.807) is 0 Å². The number of rotatable bonds is 5. The van der Waals surface area contributed by atoms with Gasteiger partial charge >= 0.3 is 0 Å². The molecule has 1 heterocycles. The van der Waals surface area contributed by atoms with Crippen molar-refractivity contribution < 1.29 is 0 Å². The van der Waals surface area contributed by atoms with E-state index in [2.05, 4.69) is 34.0 Å². The van der Waals surface area contributed by atoms with E-state index >= 15 is 0 Å². The summed E-state index contributed by atoms with van der Waals surface area (Å²) in [7, 11) is 1.90. The van der Waals surface area contributed by atoms with Crippen LogP contribution in [0.3, 0.4) is 0 Å². The average Bonchev–Trinajstić information content (AvgIpc) is 2.64. The monoisotopic (exact) mass is 215 g/mol. The molecule has 0 saturated carbocycles. The van der Waals surface area contributed by atoms with Crippen LogP contribution in [0.4, 0.5) is 0 Å². The summed E-state index contributed by atoms with van der Waals surface area (Å²) in [5.41, 5.74) is 0. The smallest absolute Gasteiger partial charge is 0.167 e. The molecule has 0 bridgehead atoms. The molecule has 0 aliphatic heterocycles. The van der Waals surface area contributed by atoms with Gasteiger partial charge in [0.1, 0.15) is 0 Å². The minimum absolute atomic E-state index is 0.194. The van der Waals surface area contributed by atoms with Gasteiger partial charge in [-0.05, 0) is 30.7 Å². The third kappa shape index (κ3) is 2.68. The summed E-state index contributed by atoms with van der Waals surface area (Å²) < 4.78 is 1.86. The fraction of sp³-hybridized carbons (Fsp3) is 0.875. The van der Waals surface area contributed by atoms with Crippen molar-refractivity contribution in [2.75, 3.05) is 13.3 Å². The zero-order chi connectivity index (χ0) is 10.6. The van der Waals surface area contributed by atoms with Crippen molar-refractivity contribution in [3.63, 3.8) is 0 Å². The van der Waals surface area contributed by atoms with E-state index < -0.39 is 0 Å². The summed E-state index contributed by atoms with van der Waals surface area (Å²) >= 11 is 1.81. The van der Waals surface area contributed by atoms with Gasteiger partial charge in [0.2, 0.25) is 0 Å². The third-order valence-corrected chi connectivity index (χ3v) is 3.17.